The van der Waals surface area contributed by atoms with Crippen LogP contribution in [0.25, 0.3) is 0 Å². The zero-order chi connectivity index (χ0) is 10.8. The molecule has 0 spiro atoms. The van der Waals surface area contributed by atoms with Crippen LogP contribution in [0.3, 0.4) is 0 Å². The van der Waals surface area contributed by atoms with E-state index < -0.39 is 5.91 Å². The molecule has 0 bridgehead atoms. The Labute approximate surface area is 88.6 Å². The first-order valence-corrected chi connectivity index (χ1v) is 5.10. The number of para-hydroxylation sites is 1. The van der Waals surface area contributed by atoms with Gasteiger partial charge in [0, 0.05) is 6.54 Å². The Morgan fingerprint density at radius 1 is 1.47 bits per heavy atom. The molecule has 0 aliphatic heterocycles. The molecule has 0 atom stereocenters. The highest BCUT2D eigenvalue weighted by Crippen LogP contribution is 2.31. The lowest BCUT2D eigenvalue weighted by Crippen LogP contribution is -2.16. The van der Waals surface area contributed by atoms with E-state index in [-0.39, 0.29) is 0 Å². The van der Waals surface area contributed by atoms with Gasteiger partial charge >= 0.3 is 0 Å². The molecule has 1 fully saturated rings. The minimum absolute atomic E-state index is 0.444. The van der Waals surface area contributed by atoms with Crippen LogP contribution in [-0.4, -0.2) is 12.5 Å². The number of anilines is 2. The summed E-state index contributed by atoms with van der Waals surface area (Å²) in [6.45, 7) is 0.870. The Hall–Kier alpha value is -1.71. The molecule has 1 aliphatic carbocycles. The number of nitrogens with one attached hydrogen (secondary N) is 1. The highest BCUT2D eigenvalue weighted by atomic mass is 16.1. The molecule has 1 aromatic rings. The average Bonchev–Trinajstić information content (AvgIpc) is 2.99. The van der Waals surface area contributed by atoms with Gasteiger partial charge in [-0.1, -0.05) is 6.07 Å². The summed E-state index contributed by atoms with van der Waals surface area (Å²) in [7, 11) is 0. The summed E-state index contributed by atoms with van der Waals surface area (Å²) >= 11 is 0. The lowest BCUT2D eigenvalue weighted by Gasteiger charge is -2.12. The van der Waals surface area contributed by atoms with Crippen molar-refractivity contribution < 1.29 is 4.79 Å². The van der Waals surface area contributed by atoms with Crippen LogP contribution in [0.2, 0.25) is 0 Å². The number of hydrogen-bond donors (Lipinski definition) is 3. The zero-order valence-corrected chi connectivity index (χ0v) is 8.49. The second-order valence-corrected chi connectivity index (χ2v) is 3.96. The van der Waals surface area contributed by atoms with Crippen molar-refractivity contribution in [3.63, 3.8) is 0 Å². The summed E-state index contributed by atoms with van der Waals surface area (Å²) in [6.07, 6.45) is 2.51. The predicted molar refractivity (Wildman–Crippen MR) is 60.6 cm³/mol. The number of benzene rings is 1. The molecule has 0 saturated heterocycles. The normalized spacial score (nSPS) is 14.9. The quantitative estimate of drug-likeness (QED) is 0.646. The van der Waals surface area contributed by atoms with Gasteiger partial charge in [-0.3, -0.25) is 4.79 Å². The van der Waals surface area contributed by atoms with Gasteiger partial charge in [0.2, 0.25) is 0 Å². The van der Waals surface area contributed by atoms with Crippen LogP contribution in [0.4, 0.5) is 11.4 Å². The standard InChI is InChI=1S/C11H15N3O/c12-9-3-1-2-8(11(13)15)10(9)14-6-7-4-5-7/h1-3,7,14H,4-6,12H2,(H2,13,15). The maximum atomic E-state index is 11.2. The molecular weight excluding hydrogens is 190 g/mol. The SMILES string of the molecule is NC(=O)c1cccc(N)c1NCC1CC1. The van der Waals surface area contributed by atoms with Crippen LogP contribution in [0, 0.1) is 5.92 Å². The van der Waals surface area contributed by atoms with Gasteiger partial charge in [0.1, 0.15) is 0 Å². The van der Waals surface area contributed by atoms with Crippen molar-refractivity contribution in [3.8, 4) is 0 Å². The van der Waals surface area contributed by atoms with Crippen LogP contribution >= 0.6 is 0 Å². The summed E-state index contributed by atoms with van der Waals surface area (Å²) in [6, 6.07) is 5.19. The van der Waals surface area contributed by atoms with Crippen LogP contribution in [0.5, 0.6) is 0 Å². The van der Waals surface area contributed by atoms with E-state index in [1.807, 2.05) is 0 Å². The molecule has 1 aliphatic rings. The number of rotatable bonds is 4. The van der Waals surface area contributed by atoms with Gasteiger partial charge in [0.15, 0.2) is 0 Å². The van der Waals surface area contributed by atoms with Gasteiger partial charge in [0.25, 0.3) is 5.91 Å². The van der Waals surface area contributed by atoms with Crippen molar-refractivity contribution in [1.29, 1.82) is 0 Å². The number of carbonyl (C=O) groups is 1. The van der Waals surface area contributed by atoms with Crippen molar-refractivity contribution in [3.05, 3.63) is 23.8 Å². The number of amides is 1. The van der Waals surface area contributed by atoms with E-state index in [1.165, 1.54) is 12.8 Å². The molecule has 0 aromatic heterocycles. The Kier molecular flexibility index (Phi) is 2.49. The minimum atomic E-state index is -0.444. The molecule has 0 heterocycles. The average molecular weight is 205 g/mol. The fourth-order valence-corrected chi connectivity index (χ4v) is 1.54. The van der Waals surface area contributed by atoms with Crippen molar-refractivity contribution in [2.75, 3.05) is 17.6 Å². The Bertz CT molecular complexity index is 385. The summed E-state index contributed by atoms with van der Waals surface area (Å²) < 4.78 is 0. The molecular formula is C11H15N3O. The molecule has 80 valence electrons. The highest BCUT2D eigenvalue weighted by molar-refractivity contribution is 6.01. The smallest absolute Gasteiger partial charge is 0.250 e. The number of nitrogens with two attached hydrogens (primary N) is 2. The number of primary amides is 1. The van der Waals surface area contributed by atoms with Crippen molar-refractivity contribution in [1.82, 2.24) is 0 Å². The first-order valence-electron chi connectivity index (χ1n) is 5.10. The molecule has 5 N–H and O–H groups in total. The fourth-order valence-electron chi connectivity index (χ4n) is 1.54. The van der Waals surface area contributed by atoms with E-state index >= 15 is 0 Å². The van der Waals surface area contributed by atoms with E-state index in [0.29, 0.717) is 16.9 Å². The predicted octanol–water partition coefficient (Wildman–Crippen LogP) is 1.19. The third-order valence-electron chi connectivity index (χ3n) is 2.63. The molecule has 1 amide bonds. The number of hydrogen-bond acceptors (Lipinski definition) is 3. The summed E-state index contributed by atoms with van der Waals surface area (Å²) in [5.74, 6) is 0.283. The first-order chi connectivity index (χ1) is 7.18. The zero-order valence-electron chi connectivity index (χ0n) is 8.49. The fraction of sp³-hybridized carbons (Fsp3) is 0.364. The third-order valence-corrected chi connectivity index (χ3v) is 2.63. The topological polar surface area (TPSA) is 81.1 Å². The Balaban J connectivity index is 2.20. The number of carbonyl (C=O) groups excluding carboxylic acids is 1. The van der Waals surface area contributed by atoms with E-state index in [1.54, 1.807) is 18.2 Å². The van der Waals surface area contributed by atoms with Gasteiger partial charge in [0.05, 0.1) is 16.9 Å². The van der Waals surface area contributed by atoms with Gasteiger partial charge < -0.3 is 16.8 Å². The summed E-state index contributed by atoms with van der Waals surface area (Å²) in [5, 5.41) is 3.20. The molecule has 1 aromatic carbocycles. The second-order valence-electron chi connectivity index (χ2n) is 3.96. The Morgan fingerprint density at radius 3 is 2.80 bits per heavy atom. The highest BCUT2D eigenvalue weighted by Gasteiger charge is 2.21. The monoisotopic (exact) mass is 205 g/mol. The lowest BCUT2D eigenvalue weighted by atomic mass is 10.1. The van der Waals surface area contributed by atoms with Crippen molar-refractivity contribution in [2.24, 2.45) is 11.7 Å². The molecule has 4 nitrogen and oxygen atoms in total. The molecule has 4 heteroatoms. The second kappa shape index (κ2) is 3.81. The molecule has 15 heavy (non-hydrogen) atoms. The molecule has 0 radical (unpaired) electrons. The van der Waals surface area contributed by atoms with Gasteiger partial charge in [-0.2, -0.15) is 0 Å². The van der Waals surface area contributed by atoms with Crippen LogP contribution in [0.1, 0.15) is 23.2 Å². The van der Waals surface area contributed by atoms with E-state index in [2.05, 4.69) is 5.32 Å². The van der Waals surface area contributed by atoms with Gasteiger partial charge in [-0.25, -0.2) is 0 Å². The maximum Gasteiger partial charge on any atom is 0.250 e. The number of nitrogen functional groups attached to an aromatic ring is 1. The van der Waals surface area contributed by atoms with Crippen LogP contribution in [0.15, 0.2) is 18.2 Å². The first kappa shape index (κ1) is 9.83. The van der Waals surface area contributed by atoms with Crippen molar-refractivity contribution >= 4 is 17.3 Å². The van der Waals surface area contributed by atoms with Gasteiger partial charge in [-0.05, 0) is 30.9 Å². The van der Waals surface area contributed by atoms with E-state index in [9.17, 15) is 4.79 Å². The van der Waals surface area contributed by atoms with E-state index in [4.69, 9.17) is 11.5 Å². The largest absolute Gasteiger partial charge is 0.397 e. The summed E-state index contributed by atoms with van der Waals surface area (Å²) in [5.41, 5.74) is 12.8. The van der Waals surface area contributed by atoms with Crippen LogP contribution < -0.4 is 16.8 Å². The minimum Gasteiger partial charge on any atom is -0.397 e. The Morgan fingerprint density at radius 2 is 2.20 bits per heavy atom. The maximum absolute atomic E-state index is 11.2. The third kappa shape index (κ3) is 2.21. The van der Waals surface area contributed by atoms with Crippen LogP contribution in [-0.2, 0) is 0 Å². The summed E-state index contributed by atoms with van der Waals surface area (Å²) in [4.78, 5) is 11.2. The lowest BCUT2D eigenvalue weighted by molar-refractivity contribution is 0.100. The molecule has 0 unspecified atom stereocenters. The van der Waals surface area contributed by atoms with Gasteiger partial charge in [-0.15, -0.1) is 0 Å². The van der Waals surface area contributed by atoms with Crippen molar-refractivity contribution in [2.45, 2.75) is 12.8 Å². The van der Waals surface area contributed by atoms with E-state index in [0.717, 1.165) is 12.5 Å². The molecule has 2 rings (SSSR count). The molecule has 1 saturated carbocycles.